The molecular formula is C32H28IN3O6. The van der Waals surface area contributed by atoms with Gasteiger partial charge in [-0.1, -0.05) is 30.3 Å². The Balaban J connectivity index is 1.66. The van der Waals surface area contributed by atoms with Gasteiger partial charge in [0.15, 0.2) is 18.0 Å². The van der Waals surface area contributed by atoms with Crippen molar-refractivity contribution in [1.82, 2.24) is 0 Å². The lowest BCUT2D eigenvalue weighted by molar-refractivity contribution is -0.112. The predicted molar refractivity (Wildman–Crippen MR) is 170 cm³/mol. The van der Waals surface area contributed by atoms with E-state index < -0.39 is 24.2 Å². The number of carbonyl (C=O) groups excluding carboxylic acids is 3. The van der Waals surface area contributed by atoms with Crippen LogP contribution in [0.1, 0.15) is 28.9 Å². The van der Waals surface area contributed by atoms with Gasteiger partial charge in [0, 0.05) is 26.5 Å². The molecule has 0 spiro atoms. The number of nitrogens with two attached hydrogens (primary N) is 1. The maximum Gasteiger partial charge on any atom is 0.412 e. The number of amides is 2. The number of hydrogen-bond donors (Lipinski definition) is 4. The van der Waals surface area contributed by atoms with Crippen LogP contribution in [-0.2, 0) is 9.53 Å². The molecule has 0 saturated heterocycles. The fourth-order valence-electron chi connectivity index (χ4n) is 3.94. The van der Waals surface area contributed by atoms with E-state index in [1.54, 1.807) is 84.9 Å². The molecule has 0 aliphatic rings. The first kappa shape index (κ1) is 30.1. The monoisotopic (exact) mass is 677 g/mol. The van der Waals surface area contributed by atoms with Gasteiger partial charge in [-0.15, -0.1) is 0 Å². The van der Waals surface area contributed by atoms with Crippen LogP contribution in [0, 0.1) is 3.57 Å². The molecule has 0 bridgehead atoms. The largest absolute Gasteiger partial charge is 0.508 e. The summed E-state index contributed by atoms with van der Waals surface area (Å²) < 4.78 is 12.8. The molecule has 4 aromatic carbocycles. The summed E-state index contributed by atoms with van der Waals surface area (Å²) in [5, 5.41) is 16.1. The van der Waals surface area contributed by atoms with Crippen LogP contribution in [0.4, 0.5) is 21.9 Å². The Labute approximate surface area is 256 Å². The molecule has 214 valence electrons. The normalized spacial score (nSPS) is 12.2. The van der Waals surface area contributed by atoms with Crippen LogP contribution in [-0.4, -0.2) is 29.0 Å². The molecule has 10 heteroatoms. The third-order valence-electron chi connectivity index (χ3n) is 6.04. The van der Waals surface area contributed by atoms with E-state index in [4.69, 9.17) is 15.2 Å². The van der Waals surface area contributed by atoms with E-state index in [-0.39, 0.29) is 17.1 Å². The smallest absolute Gasteiger partial charge is 0.412 e. The zero-order chi connectivity index (χ0) is 30.1. The minimum atomic E-state index is -1.19. The number of ketones is 1. The van der Waals surface area contributed by atoms with Crippen LogP contribution < -0.4 is 21.1 Å². The predicted octanol–water partition coefficient (Wildman–Crippen LogP) is 6.71. The fraction of sp³-hybridized carbons (Fsp3) is 0.0938. The first-order valence-electron chi connectivity index (χ1n) is 12.8. The van der Waals surface area contributed by atoms with Crippen LogP contribution in [0.25, 0.3) is 0 Å². The SMILES string of the molecule is CC(=O)c1ccc(NC(=O)O[C@@H](c2cc(I)ccc2O)[C@H](/C=C/C(=O)Nc2ccccc2N)Oc2ccccc2)cc1. The highest BCUT2D eigenvalue weighted by Gasteiger charge is 2.30. The van der Waals surface area contributed by atoms with Crippen LogP contribution >= 0.6 is 22.6 Å². The van der Waals surface area contributed by atoms with Crippen molar-refractivity contribution in [2.75, 3.05) is 16.4 Å². The maximum absolute atomic E-state index is 13.1. The van der Waals surface area contributed by atoms with Gasteiger partial charge >= 0.3 is 6.09 Å². The summed E-state index contributed by atoms with van der Waals surface area (Å²) in [6.45, 7) is 1.45. The summed E-state index contributed by atoms with van der Waals surface area (Å²) >= 11 is 2.08. The number of phenolic OH excluding ortho intramolecular Hbond substituents is 1. The summed E-state index contributed by atoms with van der Waals surface area (Å²) in [5.74, 6) is -0.283. The van der Waals surface area contributed by atoms with Crippen molar-refractivity contribution in [2.24, 2.45) is 0 Å². The maximum atomic E-state index is 13.1. The number of phenols is 1. The summed E-state index contributed by atoms with van der Waals surface area (Å²) in [4.78, 5) is 37.6. The van der Waals surface area contributed by atoms with Crippen LogP contribution in [0.5, 0.6) is 11.5 Å². The number of anilines is 3. The van der Waals surface area contributed by atoms with Crippen molar-refractivity contribution < 1.29 is 29.0 Å². The van der Waals surface area contributed by atoms with E-state index in [1.807, 2.05) is 6.07 Å². The van der Waals surface area contributed by atoms with Gasteiger partial charge < -0.3 is 25.6 Å². The Kier molecular flexibility index (Phi) is 10.2. The number of carbonyl (C=O) groups is 3. The molecule has 0 aliphatic heterocycles. The zero-order valence-electron chi connectivity index (χ0n) is 22.5. The Morgan fingerprint density at radius 2 is 1.60 bits per heavy atom. The molecule has 0 fully saturated rings. The van der Waals surface area contributed by atoms with Gasteiger partial charge in [0.05, 0.1) is 11.4 Å². The Hall–Kier alpha value is -4.84. The lowest BCUT2D eigenvalue weighted by atomic mass is 10.0. The average molecular weight is 677 g/mol. The minimum absolute atomic E-state index is 0.106. The lowest BCUT2D eigenvalue weighted by Gasteiger charge is -2.27. The van der Waals surface area contributed by atoms with E-state index in [2.05, 4.69) is 33.2 Å². The van der Waals surface area contributed by atoms with E-state index in [0.29, 0.717) is 28.4 Å². The van der Waals surface area contributed by atoms with Crippen molar-refractivity contribution in [2.45, 2.75) is 19.1 Å². The molecule has 0 heterocycles. The molecule has 42 heavy (non-hydrogen) atoms. The van der Waals surface area contributed by atoms with Crippen molar-refractivity contribution in [1.29, 1.82) is 0 Å². The molecule has 5 N–H and O–H groups in total. The lowest BCUT2D eigenvalue weighted by Crippen LogP contribution is -2.30. The van der Waals surface area contributed by atoms with Crippen molar-refractivity contribution in [3.8, 4) is 11.5 Å². The number of hydrogen-bond acceptors (Lipinski definition) is 7. The molecular weight excluding hydrogens is 649 g/mol. The molecule has 0 aliphatic carbocycles. The van der Waals surface area contributed by atoms with Crippen molar-refractivity contribution in [3.05, 3.63) is 124 Å². The highest BCUT2D eigenvalue weighted by Crippen LogP contribution is 2.34. The van der Waals surface area contributed by atoms with Crippen molar-refractivity contribution in [3.63, 3.8) is 0 Å². The molecule has 0 saturated carbocycles. The number of nitrogens with one attached hydrogen (secondary N) is 2. The van der Waals surface area contributed by atoms with Gasteiger partial charge in [0.1, 0.15) is 11.5 Å². The minimum Gasteiger partial charge on any atom is -0.508 e. The summed E-state index contributed by atoms with van der Waals surface area (Å²) in [6, 6.07) is 26.8. The molecule has 0 radical (unpaired) electrons. The first-order chi connectivity index (χ1) is 20.2. The van der Waals surface area contributed by atoms with Gasteiger partial charge in [-0.05, 0) is 102 Å². The summed E-state index contributed by atoms with van der Waals surface area (Å²) in [5.41, 5.74) is 7.94. The first-order valence-corrected chi connectivity index (χ1v) is 13.9. The molecule has 2 amide bonds. The topological polar surface area (TPSA) is 140 Å². The molecule has 4 aromatic rings. The van der Waals surface area contributed by atoms with Crippen LogP contribution in [0.2, 0.25) is 0 Å². The molecule has 2 atom stereocenters. The number of ether oxygens (including phenoxy) is 2. The Bertz CT molecular complexity index is 1590. The van der Waals surface area contributed by atoms with E-state index in [1.165, 1.54) is 25.1 Å². The second kappa shape index (κ2) is 14.2. The molecule has 0 unspecified atom stereocenters. The molecule has 4 rings (SSSR count). The third-order valence-corrected chi connectivity index (χ3v) is 6.71. The van der Waals surface area contributed by atoms with Gasteiger partial charge in [-0.2, -0.15) is 0 Å². The van der Waals surface area contributed by atoms with Gasteiger partial charge in [0.2, 0.25) is 5.91 Å². The number of benzene rings is 4. The van der Waals surface area contributed by atoms with Crippen molar-refractivity contribution >= 4 is 57.4 Å². The second-order valence-electron chi connectivity index (χ2n) is 9.12. The number of rotatable bonds is 10. The Morgan fingerprint density at radius 3 is 2.29 bits per heavy atom. The van der Waals surface area contributed by atoms with Gasteiger partial charge in [-0.3, -0.25) is 14.9 Å². The number of Topliss-reactive ketones (excluding diaryl/α,β-unsaturated/α-hetero) is 1. The highest BCUT2D eigenvalue weighted by molar-refractivity contribution is 14.1. The quantitative estimate of drug-likeness (QED) is 0.0633. The number of nitrogen functional groups attached to an aromatic ring is 1. The van der Waals surface area contributed by atoms with E-state index in [9.17, 15) is 19.5 Å². The second-order valence-corrected chi connectivity index (χ2v) is 10.4. The average Bonchev–Trinajstić information content (AvgIpc) is 2.97. The van der Waals surface area contributed by atoms with Crippen LogP contribution in [0.3, 0.4) is 0 Å². The summed E-state index contributed by atoms with van der Waals surface area (Å²) in [6.07, 6.45) is -0.394. The van der Waals surface area contributed by atoms with E-state index in [0.717, 1.165) is 3.57 Å². The zero-order valence-corrected chi connectivity index (χ0v) is 24.6. The number of para-hydroxylation sites is 3. The van der Waals surface area contributed by atoms with Gasteiger partial charge in [-0.25, -0.2) is 4.79 Å². The van der Waals surface area contributed by atoms with E-state index >= 15 is 0 Å². The van der Waals surface area contributed by atoms with Crippen LogP contribution in [0.15, 0.2) is 109 Å². The number of halogens is 1. The van der Waals surface area contributed by atoms with Gasteiger partial charge in [0.25, 0.3) is 0 Å². The highest BCUT2D eigenvalue weighted by atomic mass is 127. The third kappa shape index (κ3) is 8.33. The standard InChI is InChI=1S/C32H28IN3O6/c1-20(37)21-11-14-23(15-12-21)35-32(40)42-31(25-19-22(33)13-16-28(25)38)29(41-24-7-3-2-4-8-24)17-18-30(39)36-27-10-6-5-9-26(27)34/h2-19,29,31,38H,34H2,1H3,(H,35,40)(H,36,39)/b18-17+/t29-,31-/m0/s1. The molecule has 0 aromatic heterocycles. The summed E-state index contributed by atoms with van der Waals surface area (Å²) in [7, 11) is 0. The number of aromatic hydroxyl groups is 1. The fourth-order valence-corrected chi connectivity index (χ4v) is 4.45. The molecule has 9 nitrogen and oxygen atoms in total. The Morgan fingerprint density at radius 1 is 0.905 bits per heavy atom.